The van der Waals surface area contributed by atoms with Crippen LogP contribution in [0.5, 0.6) is 5.75 Å². The molecule has 0 atom stereocenters. The SMILES string of the molecule is O=S(=O)(CC1=CCOc2ccc(Cl)cc21)c1ccccc1. The van der Waals surface area contributed by atoms with Crippen LogP contribution in [0.4, 0.5) is 0 Å². The molecule has 21 heavy (non-hydrogen) atoms. The average molecular weight is 321 g/mol. The first-order valence-electron chi connectivity index (χ1n) is 6.46. The van der Waals surface area contributed by atoms with Crippen molar-refractivity contribution in [3.05, 3.63) is 65.2 Å². The van der Waals surface area contributed by atoms with Crippen molar-refractivity contribution in [3.63, 3.8) is 0 Å². The van der Waals surface area contributed by atoms with E-state index in [0.29, 0.717) is 22.3 Å². The van der Waals surface area contributed by atoms with E-state index in [0.717, 1.165) is 11.1 Å². The highest BCUT2D eigenvalue weighted by molar-refractivity contribution is 7.91. The molecule has 3 nitrogen and oxygen atoms in total. The molecule has 0 unspecified atom stereocenters. The Morgan fingerprint density at radius 1 is 1.10 bits per heavy atom. The van der Waals surface area contributed by atoms with Crippen LogP contribution >= 0.6 is 11.6 Å². The average Bonchev–Trinajstić information content (AvgIpc) is 2.48. The predicted molar refractivity (Wildman–Crippen MR) is 83.4 cm³/mol. The van der Waals surface area contributed by atoms with Gasteiger partial charge in [0.15, 0.2) is 9.84 Å². The molecule has 0 amide bonds. The summed E-state index contributed by atoms with van der Waals surface area (Å²) in [4.78, 5) is 0.320. The standard InChI is InChI=1S/C16H13ClO3S/c17-13-6-7-16-15(10-13)12(8-9-20-16)11-21(18,19)14-4-2-1-3-5-14/h1-8,10H,9,11H2. The Morgan fingerprint density at radius 2 is 1.86 bits per heavy atom. The molecule has 1 heterocycles. The summed E-state index contributed by atoms with van der Waals surface area (Å²) in [7, 11) is -3.38. The Labute approximate surface area is 128 Å². The Balaban J connectivity index is 1.97. The van der Waals surface area contributed by atoms with E-state index >= 15 is 0 Å². The van der Waals surface area contributed by atoms with Gasteiger partial charge in [0.1, 0.15) is 12.4 Å². The van der Waals surface area contributed by atoms with Crippen LogP contribution in [0.1, 0.15) is 5.56 Å². The fourth-order valence-electron chi connectivity index (χ4n) is 2.27. The molecule has 5 heteroatoms. The molecule has 0 N–H and O–H groups in total. The molecule has 1 aliphatic heterocycles. The molecule has 0 bridgehead atoms. The maximum atomic E-state index is 12.5. The smallest absolute Gasteiger partial charge is 0.182 e. The third-order valence-electron chi connectivity index (χ3n) is 3.30. The topological polar surface area (TPSA) is 43.4 Å². The van der Waals surface area contributed by atoms with Gasteiger partial charge in [-0.2, -0.15) is 0 Å². The van der Waals surface area contributed by atoms with E-state index in [2.05, 4.69) is 0 Å². The second-order valence-corrected chi connectivity index (χ2v) is 7.18. The molecule has 2 aromatic rings. The van der Waals surface area contributed by atoms with Crippen molar-refractivity contribution in [1.29, 1.82) is 0 Å². The van der Waals surface area contributed by atoms with Crippen LogP contribution in [-0.2, 0) is 9.84 Å². The van der Waals surface area contributed by atoms with Gasteiger partial charge in [-0.25, -0.2) is 8.42 Å². The van der Waals surface area contributed by atoms with Gasteiger partial charge in [-0.15, -0.1) is 0 Å². The second kappa shape index (κ2) is 5.54. The molecule has 108 valence electrons. The maximum Gasteiger partial charge on any atom is 0.182 e. The van der Waals surface area contributed by atoms with Gasteiger partial charge in [-0.05, 0) is 42.0 Å². The summed E-state index contributed by atoms with van der Waals surface area (Å²) in [5.74, 6) is 0.605. The molecule has 0 spiro atoms. The van der Waals surface area contributed by atoms with Crippen molar-refractivity contribution in [2.75, 3.05) is 12.4 Å². The van der Waals surface area contributed by atoms with Crippen LogP contribution in [0.2, 0.25) is 5.02 Å². The van der Waals surface area contributed by atoms with Gasteiger partial charge in [0.05, 0.1) is 10.6 Å². The molecule has 0 aromatic heterocycles. The lowest BCUT2D eigenvalue weighted by Crippen LogP contribution is -2.13. The van der Waals surface area contributed by atoms with Crippen LogP contribution in [0.25, 0.3) is 5.57 Å². The number of fused-ring (bicyclic) bond motifs is 1. The van der Waals surface area contributed by atoms with E-state index in [-0.39, 0.29) is 5.75 Å². The zero-order valence-electron chi connectivity index (χ0n) is 11.1. The Kier molecular flexibility index (Phi) is 3.74. The van der Waals surface area contributed by atoms with Gasteiger partial charge >= 0.3 is 0 Å². The minimum atomic E-state index is -3.38. The molecule has 0 radical (unpaired) electrons. The largest absolute Gasteiger partial charge is 0.489 e. The fourth-order valence-corrected chi connectivity index (χ4v) is 3.87. The lowest BCUT2D eigenvalue weighted by atomic mass is 10.0. The van der Waals surface area contributed by atoms with Crippen molar-refractivity contribution in [1.82, 2.24) is 0 Å². The summed E-state index contributed by atoms with van der Waals surface area (Å²) in [6, 6.07) is 13.7. The number of ether oxygens (including phenoxy) is 1. The van der Waals surface area contributed by atoms with Gasteiger partial charge in [0.2, 0.25) is 0 Å². The number of hydrogen-bond donors (Lipinski definition) is 0. The Bertz CT molecular complexity index is 796. The number of hydrogen-bond acceptors (Lipinski definition) is 3. The summed E-state index contributed by atoms with van der Waals surface area (Å²) in [6.07, 6.45) is 1.79. The lowest BCUT2D eigenvalue weighted by Gasteiger charge is -2.19. The molecule has 0 saturated carbocycles. The number of rotatable bonds is 3. The molecular weight excluding hydrogens is 308 g/mol. The molecule has 2 aromatic carbocycles. The van der Waals surface area contributed by atoms with Crippen molar-refractivity contribution in [2.24, 2.45) is 0 Å². The van der Waals surface area contributed by atoms with E-state index in [4.69, 9.17) is 16.3 Å². The van der Waals surface area contributed by atoms with Crippen LogP contribution in [0.15, 0.2) is 59.5 Å². The van der Waals surface area contributed by atoms with Crippen LogP contribution in [0.3, 0.4) is 0 Å². The third-order valence-corrected chi connectivity index (χ3v) is 5.22. The summed E-state index contributed by atoms with van der Waals surface area (Å²) >= 11 is 6.00. The number of sulfone groups is 1. The lowest BCUT2D eigenvalue weighted by molar-refractivity contribution is 0.357. The summed E-state index contributed by atoms with van der Waals surface area (Å²) in [6.45, 7) is 0.369. The normalized spacial score (nSPS) is 14.0. The van der Waals surface area contributed by atoms with Gasteiger partial charge in [-0.3, -0.25) is 0 Å². The van der Waals surface area contributed by atoms with Crippen molar-refractivity contribution in [3.8, 4) is 5.75 Å². The quantitative estimate of drug-likeness (QED) is 0.868. The van der Waals surface area contributed by atoms with Gasteiger partial charge in [0, 0.05) is 10.6 Å². The van der Waals surface area contributed by atoms with E-state index in [1.54, 1.807) is 54.6 Å². The summed E-state index contributed by atoms with van der Waals surface area (Å²) < 4.78 is 30.5. The van der Waals surface area contributed by atoms with Gasteiger partial charge < -0.3 is 4.74 Å². The van der Waals surface area contributed by atoms with E-state index in [1.807, 2.05) is 0 Å². The highest BCUT2D eigenvalue weighted by Crippen LogP contribution is 2.33. The molecular formula is C16H13ClO3S. The number of benzene rings is 2. The minimum absolute atomic E-state index is 0.0618. The summed E-state index contributed by atoms with van der Waals surface area (Å²) in [5, 5.41) is 0.558. The van der Waals surface area contributed by atoms with Gasteiger partial charge in [-0.1, -0.05) is 29.8 Å². The predicted octanol–water partition coefficient (Wildman–Crippen LogP) is 3.59. The first-order valence-corrected chi connectivity index (χ1v) is 8.49. The van der Waals surface area contributed by atoms with Crippen molar-refractivity contribution in [2.45, 2.75) is 4.90 Å². The first kappa shape index (κ1) is 14.2. The second-order valence-electron chi connectivity index (χ2n) is 4.75. The van der Waals surface area contributed by atoms with E-state index < -0.39 is 9.84 Å². The molecule has 0 fully saturated rings. The zero-order valence-corrected chi connectivity index (χ0v) is 12.7. The highest BCUT2D eigenvalue weighted by Gasteiger charge is 2.21. The zero-order chi connectivity index (χ0) is 14.9. The van der Waals surface area contributed by atoms with Crippen molar-refractivity contribution >= 4 is 27.0 Å². The van der Waals surface area contributed by atoms with Crippen LogP contribution in [-0.4, -0.2) is 20.8 Å². The van der Waals surface area contributed by atoms with E-state index in [1.165, 1.54) is 0 Å². The molecule has 1 aliphatic rings. The molecule has 0 aliphatic carbocycles. The first-order chi connectivity index (χ1) is 10.1. The Morgan fingerprint density at radius 3 is 2.62 bits per heavy atom. The van der Waals surface area contributed by atoms with Crippen LogP contribution in [0, 0.1) is 0 Å². The minimum Gasteiger partial charge on any atom is -0.489 e. The van der Waals surface area contributed by atoms with Crippen molar-refractivity contribution < 1.29 is 13.2 Å². The monoisotopic (exact) mass is 320 g/mol. The van der Waals surface area contributed by atoms with Crippen LogP contribution < -0.4 is 4.74 Å². The number of halogens is 1. The molecule has 3 rings (SSSR count). The molecule has 0 saturated heterocycles. The Hall–Kier alpha value is -1.78. The fraction of sp³-hybridized carbons (Fsp3) is 0.125. The third kappa shape index (κ3) is 2.96. The summed E-state index contributed by atoms with van der Waals surface area (Å²) in [5.41, 5.74) is 1.47. The maximum absolute atomic E-state index is 12.5. The highest BCUT2D eigenvalue weighted by atomic mass is 35.5. The van der Waals surface area contributed by atoms with E-state index in [9.17, 15) is 8.42 Å². The van der Waals surface area contributed by atoms with Gasteiger partial charge in [0.25, 0.3) is 0 Å².